The van der Waals surface area contributed by atoms with Gasteiger partial charge in [-0.25, -0.2) is 4.79 Å². The van der Waals surface area contributed by atoms with Crippen molar-refractivity contribution < 1.29 is 14.0 Å². The first-order valence-electron chi connectivity index (χ1n) is 10.3. The number of rotatable bonds is 6. The van der Waals surface area contributed by atoms with Gasteiger partial charge in [-0.3, -0.25) is 14.2 Å². The molecule has 1 aliphatic rings. The molecule has 0 spiro atoms. The third-order valence-corrected chi connectivity index (χ3v) is 5.56. The highest BCUT2D eigenvalue weighted by Crippen LogP contribution is 2.15. The van der Waals surface area contributed by atoms with E-state index in [4.69, 9.17) is 4.42 Å². The van der Waals surface area contributed by atoms with Gasteiger partial charge in [0.1, 0.15) is 0 Å². The van der Waals surface area contributed by atoms with Gasteiger partial charge in [-0.05, 0) is 43.5 Å². The summed E-state index contributed by atoms with van der Waals surface area (Å²) < 4.78 is 6.80. The summed E-state index contributed by atoms with van der Waals surface area (Å²) >= 11 is 0. The number of nitrogens with zero attached hydrogens (tertiary/aromatic N) is 2. The molecule has 156 valence electrons. The van der Waals surface area contributed by atoms with Gasteiger partial charge in [-0.1, -0.05) is 30.3 Å². The number of aryl methyl sites for hydroxylation is 1. The van der Waals surface area contributed by atoms with Crippen molar-refractivity contribution in [3.63, 3.8) is 0 Å². The van der Waals surface area contributed by atoms with Gasteiger partial charge in [0.05, 0.1) is 5.52 Å². The number of oxazole rings is 1. The lowest BCUT2D eigenvalue weighted by molar-refractivity contribution is -0.132. The molecule has 0 aliphatic carbocycles. The number of carbonyl (C=O) groups is 2. The summed E-state index contributed by atoms with van der Waals surface area (Å²) in [6, 6.07) is 16.5. The first-order chi connectivity index (χ1) is 14.6. The van der Waals surface area contributed by atoms with Crippen LogP contribution in [0, 0.1) is 0 Å². The maximum atomic E-state index is 12.6. The number of carbonyl (C=O) groups excluding carboxylic acids is 2. The van der Waals surface area contributed by atoms with Gasteiger partial charge in [-0.2, -0.15) is 0 Å². The van der Waals surface area contributed by atoms with Crippen LogP contribution in [0.5, 0.6) is 0 Å². The Hall–Kier alpha value is -3.35. The lowest BCUT2D eigenvalue weighted by Gasteiger charge is -2.32. The SMILES string of the molecule is O=C(NC1CCN(C(=O)CCCn2c(=O)oc3ccccc32)CC1)c1ccccc1. The van der Waals surface area contributed by atoms with Crippen LogP contribution in [-0.4, -0.2) is 40.4 Å². The van der Waals surface area contributed by atoms with E-state index in [1.54, 1.807) is 22.8 Å². The average Bonchev–Trinajstić information content (AvgIpc) is 3.10. The summed E-state index contributed by atoms with van der Waals surface area (Å²) in [5.41, 5.74) is 1.97. The quantitative estimate of drug-likeness (QED) is 0.681. The van der Waals surface area contributed by atoms with E-state index in [-0.39, 0.29) is 17.9 Å². The number of aromatic nitrogens is 1. The predicted molar refractivity (Wildman–Crippen MR) is 113 cm³/mol. The van der Waals surface area contributed by atoms with Crippen molar-refractivity contribution in [2.45, 2.75) is 38.3 Å². The molecule has 4 rings (SSSR count). The van der Waals surface area contributed by atoms with Crippen molar-refractivity contribution >= 4 is 22.9 Å². The van der Waals surface area contributed by atoms with Crippen molar-refractivity contribution in [1.82, 2.24) is 14.8 Å². The zero-order chi connectivity index (χ0) is 20.9. The Kier molecular flexibility index (Phi) is 5.97. The molecule has 30 heavy (non-hydrogen) atoms. The lowest BCUT2D eigenvalue weighted by atomic mass is 10.0. The number of para-hydroxylation sites is 2. The second kappa shape index (κ2) is 8.98. The molecule has 1 N–H and O–H groups in total. The summed E-state index contributed by atoms with van der Waals surface area (Å²) in [6.07, 6.45) is 2.45. The van der Waals surface area contributed by atoms with Crippen LogP contribution in [-0.2, 0) is 11.3 Å². The molecule has 1 fully saturated rings. The predicted octanol–water partition coefficient (Wildman–Crippen LogP) is 2.80. The number of likely N-dealkylation sites (tertiary alicyclic amines) is 1. The highest BCUT2D eigenvalue weighted by Gasteiger charge is 2.24. The van der Waals surface area contributed by atoms with Gasteiger partial charge in [0.25, 0.3) is 5.91 Å². The fourth-order valence-corrected chi connectivity index (χ4v) is 3.90. The number of amides is 2. The fourth-order valence-electron chi connectivity index (χ4n) is 3.90. The number of piperidine rings is 1. The number of hydrogen-bond donors (Lipinski definition) is 1. The maximum Gasteiger partial charge on any atom is 0.419 e. The van der Waals surface area contributed by atoms with Gasteiger partial charge in [-0.15, -0.1) is 0 Å². The molecule has 2 amide bonds. The Morgan fingerprint density at radius 1 is 1.00 bits per heavy atom. The summed E-state index contributed by atoms with van der Waals surface area (Å²) in [5.74, 6) is -0.375. The normalized spacial score (nSPS) is 14.7. The van der Waals surface area contributed by atoms with Crippen LogP contribution >= 0.6 is 0 Å². The topological polar surface area (TPSA) is 84.5 Å². The standard InChI is InChI=1S/C23H25N3O4/c27-21(11-6-14-26-19-9-4-5-10-20(19)30-23(26)29)25-15-12-18(13-16-25)24-22(28)17-7-2-1-3-8-17/h1-5,7-10,18H,6,11-16H2,(H,24,28). The molecule has 3 aromatic rings. The molecule has 1 aromatic heterocycles. The Morgan fingerprint density at radius 3 is 2.47 bits per heavy atom. The monoisotopic (exact) mass is 407 g/mol. The summed E-state index contributed by atoms with van der Waals surface area (Å²) in [5, 5.41) is 3.05. The van der Waals surface area contributed by atoms with E-state index in [0.29, 0.717) is 43.6 Å². The molecule has 0 unspecified atom stereocenters. The zero-order valence-corrected chi connectivity index (χ0v) is 16.8. The minimum atomic E-state index is -0.390. The van der Waals surface area contributed by atoms with E-state index < -0.39 is 5.76 Å². The molecular formula is C23H25N3O4. The number of hydrogen-bond acceptors (Lipinski definition) is 4. The van der Waals surface area contributed by atoms with E-state index >= 15 is 0 Å². The molecule has 0 radical (unpaired) electrons. The highest BCUT2D eigenvalue weighted by molar-refractivity contribution is 5.94. The smallest absolute Gasteiger partial charge is 0.408 e. The summed E-state index contributed by atoms with van der Waals surface area (Å²) in [4.78, 5) is 38.7. The van der Waals surface area contributed by atoms with Crippen LogP contribution in [0.4, 0.5) is 0 Å². The highest BCUT2D eigenvalue weighted by atomic mass is 16.4. The van der Waals surface area contributed by atoms with Gasteiger partial charge in [0, 0.05) is 37.7 Å². The van der Waals surface area contributed by atoms with Crippen molar-refractivity contribution in [3.05, 3.63) is 70.7 Å². The molecule has 7 nitrogen and oxygen atoms in total. The van der Waals surface area contributed by atoms with E-state index in [1.165, 1.54) is 0 Å². The van der Waals surface area contributed by atoms with E-state index in [9.17, 15) is 14.4 Å². The van der Waals surface area contributed by atoms with Gasteiger partial charge in [0.2, 0.25) is 5.91 Å². The van der Waals surface area contributed by atoms with E-state index in [1.807, 2.05) is 41.3 Å². The first-order valence-corrected chi connectivity index (χ1v) is 10.3. The number of benzene rings is 2. The molecule has 2 aromatic carbocycles. The minimum Gasteiger partial charge on any atom is -0.408 e. The largest absolute Gasteiger partial charge is 0.419 e. The minimum absolute atomic E-state index is 0.0712. The second-order valence-corrected chi connectivity index (χ2v) is 7.59. The Balaban J connectivity index is 1.23. The van der Waals surface area contributed by atoms with Crippen molar-refractivity contribution in [2.75, 3.05) is 13.1 Å². The summed E-state index contributed by atoms with van der Waals surface area (Å²) in [7, 11) is 0. The Morgan fingerprint density at radius 2 is 1.70 bits per heavy atom. The van der Waals surface area contributed by atoms with Crippen LogP contribution in [0.1, 0.15) is 36.0 Å². The van der Waals surface area contributed by atoms with Crippen molar-refractivity contribution in [1.29, 1.82) is 0 Å². The van der Waals surface area contributed by atoms with Crippen LogP contribution in [0.3, 0.4) is 0 Å². The first kappa shape index (κ1) is 19.9. The van der Waals surface area contributed by atoms with E-state index in [0.717, 1.165) is 18.4 Å². The van der Waals surface area contributed by atoms with Gasteiger partial charge in [0.15, 0.2) is 5.58 Å². The fraction of sp³-hybridized carbons (Fsp3) is 0.348. The second-order valence-electron chi connectivity index (χ2n) is 7.59. The molecule has 0 atom stereocenters. The molecule has 7 heteroatoms. The molecule has 1 aliphatic heterocycles. The molecule has 0 saturated carbocycles. The lowest BCUT2D eigenvalue weighted by Crippen LogP contribution is -2.46. The van der Waals surface area contributed by atoms with Crippen molar-refractivity contribution in [2.24, 2.45) is 0 Å². The Labute approximate surface area is 174 Å². The number of nitrogens with one attached hydrogen (secondary N) is 1. The third-order valence-electron chi connectivity index (χ3n) is 5.56. The molecule has 2 heterocycles. The summed E-state index contributed by atoms with van der Waals surface area (Å²) in [6.45, 7) is 1.71. The molecule has 1 saturated heterocycles. The molecule has 0 bridgehead atoms. The average molecular weight is 407 g/mol. The number of fused-ring (bicyclic) bond motifs is 1. The van der Waals surface area contributed by atoms with Crippen LogP contribution < -0.4 is 11.1 Å². The van der Waals surface area contributed by atoms with Crippen LogP contribution in [0.15, 0.2) is 63.8 Å². The van der Waals surface area contributed by atoms with E-state index in [2.05, 4.69) is 5.32 Å². The maximum absolute atomic E-state index is 12.6. The van der Waals surface area contributed by atoms with Crippen LogP contribution in [0.2, 0.25) is 0 Å². The van der Waals surface area contributed by atoms with Gasteiger partial charge < -0.3 is 14.6 Å². The zero-order valence-electron chi connectivity index (χ0n) is 16.8. The van der Waals surface area contributed by atoms with Gasteiger partial charge >= 0.3 is 5.76 Å². The molecular weight excluding hydrogens is 382 g/mol. The van der Waals surface area contributed by atoms with Crippen molar-refractivity contribution in [3.8, 4) is 0 Å². The Bertz CT molecular complexity index is 1080. The third kappa shape index (κ3) is 4.45. The van der Waals surface area contributed by atoms with Crippen LogP contribution in [0.25, 0.3) is 11.1 Å².